The average Bonchev–Trinajstić information content (AvgIpc) is 3.15. The summed E-state index contributed by atoms with van der Waals surface area (Å²) in [6.07, 6.45) is 3.13. The van der Waals surface area contributed by atoms with Crippen molar-refractivity contribution < 1.29 is 13.9 Å². The second-order valence-electron chi connectivity index (χ2n) is 6.07. The number of aromatic nitrogens is 2. The number of rotatable bonds is 6. The highest BCUT2D eigenvalue weighted by atomic mass is 19.1. The highest BCUT2D eigenvalue weighted by molar-refractivity contribution is 5.76. The Morgan fingerprint density at radius 1 is 1.10 bits per heavy atom. The molecule has 0 amide bonds. The molecule has 3 aromatic rings. The summed E-state index contributed by atoms with van der Waals surface area (Å²) in [4.78, 5) is 0. The molecular formula is C22H17FN4O2. The van der Waals surface area contributed by atoms with Crippen molar-refractivity contribution in [1.29, 1.82) is 10.5 Å². The summed E-state index contributed by atoms with van der Waals surface area (Å²) < 4.78 is 26.2. The number of allylic oxidation sites excluding steroid dienone is 1. The van der Waals surface area contributed by atoms with Crippen molar-refractivity contribution in [2.45, 2.75) is 6.54 Å². The van der Waals surface area contributed by atoms with Gasteiger partial charge in [-0.25, -0.2) is 4.39 Å². The van der Waals surface area contributed by atoms with Gasteiger partial charge in [0, 0.05) is 22.9 Å². The summed E-state index contributed by atoms with van der Waals surface area (Å²) >= 11 is 0. The van der Waals surface area contributed by atoms with E-state index in [-0.39, 0.29) is 17.9 Å². The van der Waals surface area contributed by atoms with E-state index < -0.39 is 0 Å². The number of ether oxygens (including phenoxy) is 2. The molecule has 2 aromatic carbocycles. The lowest BCUT2D eigenvalue weighted by Crippen LogP contribution is -2.02. The fourth-order valence-corrected chi connectivity index (χ4v) is 2.88. The number of methoxy groups -OCH3 is 2. The summed E-state index contributed by atoms with van der Waals surface area (Å²) in [7, 11) is 3.07. The van der Waals surface area contributed by atoms with Gasteiger partial charge in [0.05, 0.1) is 26.5 Å². The summed E-state index contributed by atoms with van der Waals surface area (Å²) in [5.41, 5.74) is 2.22. The molecule has 0 saturated carbocycles. The molecule has 7 heteroatoms. The summed E-state index contributed by atoms with van der Waals surface area (Å²) in [6, 6.07) is 15.4. The zero-order valence-electron chi connectivity index (χ0n) is 15.9. The minimum absolute atomic E-state index is 0.0582. The number of hydrogen-bond donors (Lipinski definition) is 0. The Bertz CT molecular complexity index is 1140. The highest BCUT2D eigenvalue weighted by Gasteiger charge is 2.15. The summed E-state index contributed by atoms with van der Waals surface area (Å²) in [5, 5.41) is 22.8. The number of nitriles is 2. The molecule has 0 N–H and O–H groups in total. The normalized spacial score (nSPS) is 9.97. The zero-order valence-corrected chi connectivity index (χ0v) is 15.9. The van der Waals surface area contributed by atoms with Crippen LogP contribution in [-0.4, -0.2) is 24.0 Å². The fourth-order valence-electron chi connectivity index (χ4n) is 2.88. The minimum Gasteiger partial charge on any atom is -0.493 e. The first-order valence-electron chi connectivity index (χ1n) is 8.64. The van der Waals surface area contributed by atoms with Crippen molar-refractivity contribution in [2.75, 3.05) is 14.2 Å². The molecule has 0 radical (unpaired) electrons. The monoisotopic (exact) mass is 388 g/mol. The van der Waals surface area contributed by atoms with E-state index in [4.69, 9.17) is 20.0 Å². The predicted molar refractivity (Wildman–Crippen MR) is 105 cm³/mol. The van der Waals surface area contributed by atoms with E-state index in [2.05, 4.69) is 5.10 Å². The maximum atomic E-state index is 14.0. The van der Waals surface area contributed by atoms with Crippen LogP contribution in [0.15, 0.2) is 54.2 Å². The minimum atomic E-state index is -0.331. The molecule has 0 aliphatic heterocycles. The van der Waals surface area contributed by atoms with Gasteiger partial charge < -0.3 is 9.47 Å². The van der Waals surface area contributed by atoms with Gasteiger partial charge in [-0.2, -0.15) is 15.6 Å². The zero-order chi connectivity index (χ0) is 20.8. The topological polar surface area (TPSA) is 83.9 Å². The van der Waals surface area contributed by atoms with Crippen LogP contribution in [0.4, 0.5) is 4.39 Å². The van der Waals surface area contributed by atoms with E-state index in [0.29, 0.717) is 33.9 Å². The van der Waals surface area contributed by atoms with Crippen LogP contribution in [0.3, 0.4) is 0 Å². The van der Waals surface area contributed by atoms with E-state index in [1.54, 1.807) is 54.4 Å². The standard InChI is InChI=1S/C22H17FN4O2/c1-28-20-8-7-16(10-21(20)29-2)22-18(9-15(11-24)12-25)14-27(26-22)13-17-5-3-4-6-19(17)23/h3-10,14H,13H2,1-2H3. The van der Waals surface area contributed by atoms with E-state index in [1.807, 2.05) is 12.1 Å². The van der Waals surface area contributed by atoms with Gasteiger partial charge in [-0.1, -0.05) is 18.2 Å². The van der Waals surface area contributed by atoms with Crippen molar-refractivity contribution in [3.05, 3.63) is 71.2 Å². The highest BCUT2D eigenvalue weighted by Crippen LogP contribution is 2.33. The van der Waals surface area contributed by atoms with Gasteiger partial charge in [0.1, 0.15) is 23.5 Å². The second kappa shape index (κ2) is 8.73. The van der Waals surface area contributed by atoms with Crippen LogP contribution in [0, 0.1) is 28.5 Å². The first-order valence-corrected chi connectivity index (χ1v) is 8.64. The lowest BCUT2D eigenvalue weighted by Gasteiger charge is -2.09. The molecule has 0 atom stereocenters. The molecule has 0 saturated heterocycles. The van der Waals surface area contributed by atoms with Crippen LogP contribution in [0.5, 0.6) is 11.5 Å². The lowest BCUT2D eigenvalue weighted by atomic mass is 10.1. The Labute approximate surface area is 167 Å². The van der Waals surface area contributed by atoms with Crippen LogP contribution >= 0.6 is 0 Å². The summed E-state index contributed by atoms with van der Waals surface area (Å²) in [6.45, 7) is 0.204. The third-order valence-corrected chi connectivity index (χ3v) is 4.28. The number of nitrogens with zero attached hydrogens (tertiary/aromatic N) is 4. The van der Waals surface area contributed by atoms with Crippen molar-refractivity contribution >= 4 is 6.08 Å². The SMILES string of the molecule is COc1ccc(-c2nn(Cc3ccccc3F)cc2C=C(C#N)C#N)cc1OC. The first-order chi connectivity index (χ1) is 14.1. The first kappa shape index (κ1) is 19.7. The largest absolute Gasteiger partial charge is 0.493 e. The molecule has 0 fully saturated rings. The molecule has 0 bridgehead atoms. The average molecular weight is 388 g/mol. The maximum Gasteiger partial charge on any atom is 0.161 e. The molecule has 144 valence electrons. The Morgan fingerprint density at radius 3 is 2.48 bits per heavy atom. The van der Waals surface area contributed by atoms with Gasteiger partial charge >= 0.3 is 0 Å². The number of halogens is 1. The summed E-state index contributed by atoms with van der Waals surface area (Å²) in [5.74, 6) is 0.751. The Kier molecular flexibility index (Phi) is 5.91. The van der Waals surface area contributed by atoms with Crippen LogP contribution in [0.2, 0.25) is 0 Å². The van der Waals surface area contributed by atoms with Crippen molar-refractivity contribution in [3.63, 3.8) is 0 Å². The lowest BCUT2D eigenvalue weighted by molar-refractivity contribution is 0.355. The number of hydrogen-bond acceptors (Lipinski definition) is 5. The Balaban J connectivity index is 2.11. The molecule has 0 aliphatic carbocycles. The molecule has 0 aliphatic rings. The maximum absolute atomic E-state index is 14.0. The van der Waals surface area contributed by atoms with Gasteiger partial charge in [-0.05, 0) is 30.3 Å². The second-order valence-corrected chi connectivity index (χ2v) is 6.07. The van der Waals surface area contributed by atoms with E-state index in [1.165, 1.54) is 19.3 Å². The quantitative estimate of drug-likeness (QED) is 0.592. The molecule has 3 rings (SSSR count). The van der Waals surface area contributed by atoms with Crippen molar-refractivity contribution in [2.24, 2.45) is 0 Å². The van der Waals surface area contributed by atoms with Gasteiger partial charge in [-0.15, -0.1) is 0 Å². The third-order valence-electron chi connectivity index (χ3n) is 4.28. The Hall–Kier alpha value is -4.10. The predicted octanol–water partition coefficient (Wildman–Crippen LogP) is 4.19. The van der Waals surface area contributed by atoms with Gasteiger partial charge in [0.2, 0.25) is 0 Å². The van der Waals surface area contributed by atoms with Crippen molar-refractivity contribution in [3.8, 4) is 34.9 Å². The van der Waals surface area contributed by atoms with E-state index in [9.17, 15) is 4.39 Å². The van der Waals surface area contributed by atoms with Gasteiger partial charge in [-0.3, -0.25) is 4.68 Å². The molecule has 0 spiro atoms. The smallest absolute Gasteiger partial charge is 0.161 e. The fraction of sp³-hybridized carbons (Fsp3) is 0.136. The molecule has 1 heterocycles. The molecule has 0 unspecified atom stereocenters. The van der Waals surface area contributed by atoms with Crippen LogP contribution in [0.1, 0.15) is 11.1 Å². The molecule has 29 heavy (non-hydrogen) atoms. The van der Waals surface area contributed by atoms with Crippen LogP contribution < -0.4 is 9.47 Å². The third kappa shape index (κ3) is 4.26. The molecule has 6 nitrogen and oxygen atoms in total. The van der Waals surface area contributed by atoms with Crippen LogP contribution in [-0.2, 0) is 6.54 Å². The van der Waals surface area contributed by atoms with E-state index in [0.717, 1.165) is 0 Å². The Morgan fingerprint density at radius 2 is 1.83 bits per heavy atom. The van der Waals surface area contributed by atoms with Gasteiger partial charge in [0.15, 0.2) is 11.5 Å². The molecular weight excluding hydrogens is 371 g/mol. The number of benzene rings is 2. The molecule has 1 aromatic heterocycles. The van der Waals surface area contributed by atoms with Crippen molar-refractivity contribution in [1.82, 2.24) is 9.78 Å². The van der Waals surface area contributed by atoms with Crippen LogP contribution in [0.25, 0.3) is 17.3 Å². The van der Waals surface area contributed by atoms with E-state index >= 15 is 0 Å². The van der Waals surface area contributed by atoms with Gasteiger partial charge in [0.25, 0.3) is 0 Å².